The smallest absolute Gasteiger partial charge is 0.354 e. The Bertz CT molecular complexity index is 1100. The van der Waals surface area contributed by atoms with E-state index >= 15 is 0 Å². The zero-order valence-corrected chi connectivity index (χ0v) is 21.0. The molecule has 0 unspecified atom stereocenters. The second-order valence-electron chi connectivity index (χ2n) is 8.49. The van der Waals surface area contributed by atoms with Crippen LogP contribution < -0.4 is 0 Å². The van der Waals surface area contributed by atoms with Crippen LogP contribution in [0.3, 0.4) is 0 Å². The van der Waals surface area contributed by atoms with Gasteiger partial charge in [0.25, 0.3) is 0 Å². The van der Waals surface area contributed by atoms with E-state index in [1.54, 1.807) is 49.6 Å². The van der Waals surface area contributed by atoms with Crippen LogP contribution in [0.4, 0.5) is 0 Å². The fourth-order valence-electron chi connectivity index (χ4n) is 4.02. The van der Waals surface area contributed by atoms with Crippen molar-refractivity contribution in [3.63, 3.8) is 0 Å². The molecule has 1 heterocycles. The number of methoxy groups -OCH3 is 1. The van der Waals surface area contributed by atoms with Crippen molar-refractivity contribution in [2.75, 3.05) is 13.7 Å². The Morgan fingerprint density at radius 3 is 2.09 bits per heavy atom. The average molecular weight is 463 g/mol. The highest BCUT2D eigenvalue weighted by molar-refractivity contribution is 7.89. The highest BCUT2D eigenvalue weighted by Crippen LogP contribution is 2.28. The Morgan fingerprint density at radius 1 is 1.06 bits per heavy atom. The second-order valence-corrected chi connectivity index (χ2v) is 10.4. The molecule has 8 heteroatoms. The second kappa shape index (κ2) is 10.0. The Kier molecular flexibility index (Phi) is 8.07. The van der Waals surface area contributed by atoms with Gasteiger partial charge in [0.05, 0.1) is 18.0 Å². The van der Waals surface area contributed by atoms with Gasteiger partial charge in [-0.1, -0.05) is 31.5 Å². The van der Waals surface area contributed by atoms with Crippen molar-refractivity contribution in [2.24, 2.45) is 5.92 Å². The largest absolute Gasteiger partial charge is 0.464 e. The molecule has 0 spiro atoms. The van der Waals surface area contributed by atoms with E-state index in [-0.39, 0.29) is 23.1 Å². The molecule has 0 amide bonds. The van der Waals surface area contributed by atoms with Crippen molar-refractivity contribution >= 4 is 21.8 Å². The summed E-state index contributed by atoms with van der Waals surface area (Å²) in [4.78, 5) is 26.2. The molecule has 0 aliphatic rings. The Hall–Kier alpha value is -2.45. The molecule has 1 aromatic heterocycles. The van der Waals surface area contributed by atoms with Gasteiger partial charge >= 0.3 is 5.97 Å². The summed E-state index contributed by atoms with van der Waals surface area (Å²) >= 11 is 0. The first-order valence-electron chi connectivity index (χ1n) is 10.8. The van der Waals surface area contributed by atoms with Gasteiger partial charge in [-0.25, -0.2) is 13.2 Å². The van der Waals surface area contributed by atoms with E-state index in [4.69, 9.17) is 4.74 Å². The number of aromatic nitrogens is 1. The van der Waals surface area contributed by atoms with Gasteiger partial charge < -0.3 is 9.30 Å². The van der Waals surface area contributed by atoms with E-state index in [1.165, 1.54) is 11.4 Å². The van der Waals surface area contributed by atoms with E-state index < -0.39 is 22.0 Å². The third-order valence-corrected chi connectivity index (χ3v) is 7.64. The predicted octanol–water partition coefficient (Wildman–Crippen LogP) is 4.14. The molecule has 0 aliphatic heterocycles. The van der Waals surface area contributed by atoms with Crippen LogP contribution in [0.2, 0.25) is 0 Å². The van der Waals surface area contributed by atoms with Crippen LogP contribution in [0.5, 0.6) is 0 Å². The number of nitrogens with zero attached hydrogens (tertiary/aromatic N) is 2. The first-order valence-corrected chi connectivity index (χ1v) is 12.2. The molecule has 0 saturated carbocycles. The van der Waals surface area contributed by atoms with Gasteiger partial charge in [-0.2, -0.15) is 4.31 Å². The van der Waals surface area contributed by atoms with Crippen LogP contribution in [-0.4, -0.2) is 48.7 Å². The van der Waals surface area contributed by atoms with E-state index in [0.717, 1.165) is 5.56 Å². The number of carbonyl (C=O) groups is 2. The molecular weight excluding hydrogens is 428 g/mol. The summed E-state index contributed by atoms with van der Waals surface area (Å²) in [5.74, 6) is -0.849. The molecule has 1 atom stereocenters. The maximum Gasteiger partial charge on any atom is 0.354 e. The van der Waals surface area contributed by atoms with Gasteiger partial charge in [-0.15, -0.1) is 0 Å². The van der Waals surface area contributed by atoms with Gasteiger partial charge in [-0.05, 0) is 58.2 Å². The summed E-state index contributed by atoms with van der Waals surface area (Å²) in [5.41, 5.74) is 2.77. The Labute approximate surface area is 191 Å². The number of hydrogen-bond acceptors (Lipinski definition) is 5. The molecule has 32 heavy (non-hydrogen) atoms. The van der Waals surface area contributed by atoms with Gasteiger partial charge in [0.15, 0.2) is 5.78 Å². The fourth-order valence-corrected chi connectivity index (χ4v) is 5.78. The molecular formula is C24H34N2O5S. The first kappa shape index (κ1) is 25.8. The molecule has 0 bridgehead atoms. The van der Waals surface area contributed by atoms with Crippen LogP contribution in [0.25, 0.3) is 0 Å². The van der Waals surface area contributed by atoms with Crippen LogP contribution in [0.1, 0.15) is 65.4 Å². The van der Waals surface area contributed by atoms with Gasteiger partial charge in [0.2, 0.25) is 10.0 Å². The summed E-state index contributed by atoms with van der Waals surface area (Å²) in [5, 5.41) is 0. The van der Waals surface area contributed by atoms with Gasteiger partial charge in [-0.3, -0.25) is 4.79 Å². The number of ether oxygens (including phenoxy) is 1. The van der Waals surface area contributed by atoms with Crippen molar-refractivity contribution in [1.29, 1.82) is 0 Å². The fraction of sp³-hybridized carbons (Fsp3) is 0.500. The quantitative estimate of drug-likeness (QED) is 0.413. The SMILES string of the molecule is CCn1c(C)c(C(=O)[C@@H](C)N(CC(C)C)S(=O)(=O)c2ccc(C)cc2)c(C)c1C(=O)OC. The van der Waals surface area contributed by atoms with Crippen molar-refractivity contribution in [2.45, 2.75) is 65.9 Å². The van der Waals surface area contributed by atoms with E-state index in [9.17, 15) is 18.0 Å². The summed E-state index contributed by atoms with van der Waals surface area (Å²) < 4.78 is 34.9. The molecule has 176 valence electrons. The number of benzene rings is 1. The van der Waals surface area contributed by atoms with Crippen molar-refractivity contribution < 1.29 is 22.7 Å². The lowest BCUT2D eigenvalue weighted by Crippen LogP contribution is -2.45. The molecule has 0 radical (unpaired) electrons. The lowest BCUT2D eigenvalue weighted by molar-refractivity contribution is 0.0587. The van der Waals surface area contributed by atoms with Crippen LogP contribution in [0, 0.1) is 26.7 Å². The number of esters is 1. The molecule has 0 saturated heterocycles. The Morgan fingerprint density at radius 2 is 1.62 bits per heavy atom. The number of ketones is 1. The van der Waals surface area contributed by atoms with E-state index in [2.05, 4.69) is 0 Å². The lowest BCUT2D eigenvalue weighted by atomic mass is 10.0. The number of sulfonamides is 1. The van der Waals surface area contributed by atoms with Crippen molar-refractivity contribution in [1.82, 2.24) is 8.87 Å². The maximum absolute atomic E-state index is 13.7. The van der Waals surface area contributed by atoms with Crippen molar-refractivity contribution in [3.8, 4) is 0 Å². The van der Waals surface area contributed by atoms with Crippen molar-refractivity contribution in [3.05, 3.63) is 52.3 Å². The monoisotopic (exact) mass is 462 g/mol. The molecule has 0 fully saturated rings. The topological polar surface area (TPSA) is 85.7 Å². The third kappa shape index (κ3) is 4.81. The summed E-state index contributed by atoms with van der Waals surface area (Å²) in [6, 6.07) is 5.67. The molecule has 1 aromatic carbocycles. The zero-order valence-electron chi connectivity index (χ0n) is 20.2. The zero-order chi connectivity index (χ0) is 24.4. The first-order chi connectivity index (χ1) is 14.9. The highest BCUT2D eigenvalue weighted by Gasteiger charge is 2.36. The van der Waals surface area contributed by atoms with E-state index in [1.807, 2.05) is 27.7 Å². The minimum atomic E-state index is -3.91. The number of rotatable bonds is 9. The molecule has 2 aromatic rings. The average Bonchev–Trinajstić information content (AvgIpc) is 2.99. The molecule has 2 rings (SSSR count). The highest BCUT2D eigenvalue weighted by atomic mass is 32.2. The van der Waals surface area contributed by atoms with Crippen LogP contribution in [0.15, 0.2) is 29.2 Å². The lowest BCUT2D eigenvalue weighted by Gasteiger charge is -2.29. The number of carbonyl (C=O) groups excluding carboxylic acids is 2. The normalized spacial score (nSPS) is 12.9. The standard InChI is InChI=1S/C24H34N2O5S/c1-9-25-18(6)21(17(5)22(25)24(28)31-8)23(27)19(7)26(14-15(2)3)32(29,30)20-12-10-16(4)11-13-20/h10-13,15,19H,9,14H2,1-8H3/t19-/m1/s1. The van der Waals surface area contributed by atoms with Gasteiger partial charge in [0.1, 0.15) is 5.69 Å². The Balaban J connectivity index is 2.60. The summed E-state index contributed by atoms with van der Waals surface area (Å²) in [7, 11) is -2.61. The number of aryl methyl sites for hydroxylation is 1. The van der Waals surface area contributed by atoms with E-state index in [0.29, 0.717) is 29.1 Å². The summed E-state index contributed by atoms with van der Waals surface area (Å²) in [6.07, 6.45) is 0. The molecule has 0 N–H and O–H groups in total. The molecule has 0 aliphatic carbocycles. The maximum atomic E-state index is 13.7. The minimum absolute atomic E-state index is 0.0125. The number of hydrogen-bond donors (Lipinski definition) is 0. The predicted molar refractivity (Wildman–Crippen MR) is 125 cm³/mol. The third-order valence-electron chi connectivity index (χ3n) is 5.69. The van der Waals surface area contributed by atoms with Crippen LogP contribution >= 0.6 is 0 Å². The van der Waals surface area contributed by atoms with Crippen LogP contribution in [-0.2, 0) is 21.3 Å². The molecule has 7 nitrogen and oxygen atoms in total. The number of Topliss-reactive ketones (excluding diaryl/α,β-unsaturated/α-hetero) is 1. The van der Waals surface area contributed by atoms with Gasteiger partial charge in [0, 0.05) is 24.3 Å². The summed E-state index contributed by atoms with van der Waals surface area (Å²) in [6.45, 7) is 13.3. The minimum Gasteiger partial charge on any atom is -0.464 e.